The number of hydrogen-bond acceptors (Lipinski definition) is 7. The fourth-order valence-electron chi connectivity index (χ4n) is 4.38. The van der Waals surface area contributed by atoms with Gasteiger partial charge in [0.15, 0.2) is 0 Å². The molecule has 0 saturated heterocycles. The van der Waals surface area contributed by atoms with Crippen molar-refractivity contribution in [3.8, 4) is 0 Å². The molecule has 0 radical (unpaired) electrons. The number of carboxylic acid groups (broad SMARTS) is 1. The summed E-state index contributed by atoms with van der Waals surface area (Å²) in [5, 5.41) is 12.2. The van der Waals surface area contributed by atoms with Crippen molar-refractivity contribution in [2.24, 2.45) is 0 Å². The SMILES string of the molecule is O.O=C(O)[C@H](c1ccccc1Cl)N1CCc2sccc2C1.O=S(=O)(O)c1cccc2c(S(=O)(=O)O)cccc12. The molecule has 0 fully saturated rings. The van der Waals surface area contributed by atoms with Crippen LogP contribution in [0, 0.1) is 0 Å². The largest absolute Gasteiger partial charge is 0.480 e. The highest BCUT2D eigenvalue weighted by molar-refractivity contribution is 7.86. The lowest BCUT2D eigenvalue weighted by Crippen LogP contribution is -2.37. The molecule has 0 unspecified atom stereocenters. The number of rotatable bonds is 5. The molecule has 10 nitrogen and oxygen atoms in total. The zero-order valence-electron chi connectivity index (χ0n) is 20.1. The Balaban J connectivity index is 0.000000211. The predicted octanol–water partition coefficient (Wildman–Crippen LogP) is 4.09. The minimum Gasteiger partial charge on any atom is -0.480 e. The molecule has 14 heteroatoms. The second-order valence-electron chi connectivity index (χ2n) is 8.41. The Labute approximate surface area is 233 Å². The van der Waals surface area contributed by atoms with Crippen LogP contribution in [0.25, 0.3) is 10.8 Å². The number of carboxylic acids is 1. The molecule has 1 atom stereocenters. The van der Waals surface area contributed by atoms with E-state index in [2.05, 4.69) is 11.4 Å². The number of benzene rings is 3. The van der Waals surface area contributed by atoms with E-state index >= 15 is 0 Å². The van der Waals surface area contributed by atoms with Gasteiger partial charge in [0.05, 0.1) is 0 Å². The third-order valence-corrected chi connectivity index (χ3v) is 9.22. The number of hydrogen-bond donors (Lipinski definition) is 3. The van der Waals surface area contributed by atoms with Crippen LogP contribution in [-0.4, -0.2) is 53.9 Å². The van der Waals surface area contributed by atoms with Crippen molar-refractivity contribution in [3.63, 3.8) is 0 Å². The topological polar surface area (TPSA) is 181 Å². The van der Waals surface area contributed by atoms with Crippen LogP contribution < -0.4 is 0 Å². The van der Waals surface area contributed by atoms with Gasteiger partial charge in [-0.05, 0) is 47.2 Å². The van der Waals surface area contributed by atoms with Crippen molar-refractivity contribution in [1.29, 1.82) is 0 Å². The van der Waals surface area contributed by atoms with Crippen LogP contribution in [0.4, 0.5) is 0 Å². The standard InChI is InChI=1S/C15H14ClNO2S.C10H8O6S2.H2O/c16-12-4-2-1-3-11(12)14(15(18)19)17-7-5-13-10(9-17)6-8-20-13;11-17(12,13)9-5-1-3-7-8(9)4-2-6-10(7)18(14,15)16;/h1-4,6,8,14H,5,7,9H2,(H,18,19);1-6H,(H,11,12,13)(H,14,15,16);1H2/t14-;;/m0../s1. The molecule has 5 rings (SSSR count). The Morgan fingerprint density at radius 2 is 1.44 bits per heavy atom. The van der Waals surface area contributed by atoms with Gasteiger partial charge in [0, 0.05) is 33.8 Å². The maximum Gasteiger partial charge on any atom is 0.325 e. The van der Waals surface area contributed by atoms with Gasteiger partial charge in [0.2, 0.25) is 0 Å². The van der Waals surface area contributed by atoms with Gasteiger partial charge in [-0.1, -0.05) is 54.1 Å². The smallest absolute Gasteiger partial charge is 0.325 e. The Hall–Kier alpha value is -2.88. The maximum absolute atomic E-state index is 11.7. The summed E-state index contributed by atoms with van der Waals surface area (Å²) >= 11 is 7.92. The number of carbonyl (C=O) groups is 1. The molecule has 0 saturated carbocycles. The Morgan fingerprint density at radius 3 is 1.95 bits per heavy atom. The van der Waals surface area contributed by atoms with Crippen LogP contribution in [0.15, 0.2) is 81.9 Å². The highest BCUT2D eigenvalue weighted by Crippen LogP contribution is 2.33. The third kappa shape index (κ3) is 6.83. The third-order valence-electron chi connectivity index (χ3n) is 6.03. The Morgan fingerprint density at radius 1 is 0.872 bits per heavy atom. The highest BCUT2D eigenvalue weighted by Gasteiger charge is 2.31. The second kappa shape index (κ2) is 12.1. The van der Waals surface area contributed by atoms with E-state index in [4.69, 9.17) is 20.7 Å². The first-order chi connectivity index (χ1) is 17.9. The summed E-state index contributed by atoms with van der Waals surface area (Å²) in [5.74, 6) is -0.850. The first kappa shape index (κ1) is 30.7. The van der Waals surface area contributed by atoms with Crippen molar-refractivity contribution < 1.29 is 41.3 Å². The van der Waals surface area contributed by atoms with Gasteiger partial charge in [0.1, 0.15) is 15.8 Å². The monoisotopic (exact) mass is 613 g/mol. The first-order valence-corrected chi connectivity index (χ1v) is 15.2. The van der Waals surface area contributed by atoms with Crippen LogP contribution >= 0.6 is 22.9 Å². The minimum atomic E-state index is -4.47. The second-order valence-corrected chi connectivity index (χ2v) is 12.6. The van der Waals surface area contributed by atoms with Gasteiger partial charge in [-0.25, -0.2) is 0 Å². The minimum absolute atomic E-state index is 0. The Bertz CT molecular complexity index is 1650. The van der Waals surface area contributed by atoms with E-state index in [-0.39, 0.29) is 16.2 Å². The van der Waals surface area contributed by atoms with Gasteiger partial charge >= 0.3 is 5.97 Å². The van der Waals surface area contributed by atoms with Crippen LogP contribution in [-0.2, 0) is 38.0 Å². The summed E-state index contributed by atoms with van der Waals surface area (Å²) in [5.41, 5.74) is 1.90. The molecular weight excluding hydrogens is 590 g/mol. The zero-order valence-corrected chi connectivity index (χ0v) is 23.3. The molecule has 1 aromatic heterocycles. The van der Waals surface area contributed by atoms with Crippen molar-refractivity contribution in [1.82, 2.24) is 4.90 Å². The van der Waals surface area contributed by atoms with Gasteiger partial charge in [-0.2, -0.15) is 16.8 Å². The quantitative estimate of drug-likeness (QED) is 0.279. The maximum atomic E-state index is 11.7. The Kier molecular flexibility index (Phi) is 9.51. The molecule has 3 aromatic carbocycles. The molecule has 4 aromatic rings. The van der Waals surface area contributed by atoms with Crippen LogP contribution in [0.5, 0.6) is 0 Å². The summed E-state index contributed by atoms with van der Waals surface area (Å²) in [4.78, 5) is 14.2. The molecule has 0 spiro atoms. The molecule has 2 heterocycles. The molecule has 0 amide bonds. The number of halogens is 1. The average molecular weight is 614 g/mol. The molecule has 1 aliphatic heterocycles. The lowest BCUT2D eigenvalue weighted by atomic mass is 10.0. The van der Waals surface area contributed by atoms with E-state index in [1.54, 1.807) is 23.5 Å². The summed E-state index contributed by atoms with van der Waals surface area (Å²) in [7, 11) is -8.94. The molecule has 208 valence electrons. The van der Waals surface area contributed by atoms with Crippen molar-refractivity contribution in [3.05, 3.63) is 93.1 Å². The van der Waals surface area contributed by atoms with E-state index in [0.717, 1.165) is 25.1 Å². The summed E-state index contributed by atoms with van der Waals surface area (Å²) in [6.45, 7) is 1.41. The zero-order chi connectivity index (χ0) is 27.7. The fourth-order valence-corrected chi connectivity index (χ4v) is 6.92. The molecule has 0 aliphatic carbocycles. The van der Waals surface area contributed by atoms with Crippen molar-refractivity contribution in [2.45, 2.75) is 28.8 Å². The molecule has 39 heavy (non-hydrogen) atoms. The lowest BCUT2D eigenvalue weighted by molar-refractivity contribution is -0.144. The summed E-state index contributed by atoms with van der Waals surface area (Å²) in [6.07, 6.45) is 0.904. The van der Waals surface area contributed by atoms with E-state index in [9.17, 15) is 26.7 Å². The highest BCUT2D eigenvalue weighted by atomic mass is 35.5. The number of aliphatic carboxylic acids is 1. The summed E-state index contributed by atoms with van der Waals surface area (Å²) in [6, 6.07) is 16.1. The van der Waals surface area contributed by atoms with Crippen LogP contribution in [0.3, 0.4) is 0 Å². The normalized spacial score (nSPS) is 14.4. The van der Waals surface area contributed by atoms with Gasteiger partial charge < -0.3 is 10.6 Å². The van der Waals surface area contributed by atoms with Gasteiger partial charge in [-0.15, -0.1) is 11.3 Å². The van der Waals surface area contributed by atoms with Crippen LogP contribution in [0.1, 0.15) is 22.0 Å². The number of thiophene rings is 1. The fraction of sp³-hybridized carbons (Fsp3) is 0.160. The van der Waals surface area contributed by atoms with Crippen molar-refractivity contribution in [2.75, 3.05) is 6.54 Å². The predicted molar refractivity (Wildman–Crippen MR) is 147 cm³/mol. The van der Waals surface area contributed by atoms with E-state index in [1.165, 1.54) is 34.7 Å². The molecule has 0 bridgehead atoms. The van der Waals surface area contributed by atoms with E-state index < -0.39 is 42.0 Å². The molecule has 1 aliphatic rings. The van der Waals surface area contributed by atoms with E-state index in [0.29, 0.717) is 17.1 Å². The first-order valence-electron chi connectivity index (χ1n) is 11.1. The number of nitrogens with zero attached hydrogens (tertiary/aromatic N) is 1. The van der Waals surface area contributed by atoms with Crippen molar-refractivity contribution >= 4 is 59.9 Å². The average Bonchev–Trinajstić information content (AvgIpc) is 3.32. The number of fused-ring (bicyclic) bond motifs is 2. The lowest BCUT2D eigenvalue weighted by Gasteiger charge is -2.32. The molecule has 5 N–H and O–H groups in total. The van der Waals surface area contributed by atoms with E-state index in [1.807, 2.05) is 17.0 Å². The van der Waals surface area contributed by atoms with Crippen LogP contribution in [0.2, 0.25) is 5.02 Å². The van der Waals surface area contributed by atoms with Gasteiger partial charge in [0.25, 0.3) is 20.2 Å². The van der Waals surface area contributed by atoms with Gasteiger partial charge in [-0.3, -0.25) is 18.8 Å². The summed E-state index contributed by atoms with van der Waals surface area (Å²) < 4.78 is 62.7. The molecular formula is C25H24ClNO9S3.